The van der Waals surface area contributed by atoms with Crippen LogP contribution in [0.4, 0.5) is 0 Å². The van der Waals surface area contributed by atoms with Crippen molar-refractivity contribution in [2.45, 2.75) is 40.9 Å². The predicted molar refractivity (Wildman–Crippen MR) is 59.0 cm³/mol. The topological polar surface area (TPSA) is 0 Å². The van der Waals surface area contributed by atoms with Crippen LogP contribution in [0, 0.1) is 0 Å². The van der Waals surface area contributed by atoms with Crippen molar-refractivity contribution in [3.63, 3.8) is 0 Å². The van der Waals surface area contributed by atoms with Crippen molar-refractivity contribution in [1.82, 2.24) is 0 Å². The van der Waals surface area contributed by atoms with Crippen LogP contribution >= 0.6 is 34.8 Å². The number of rotatable bonds is 7. The fourth-order valence-electron chi connectivity index (χ4n) is 0.919. The zero-order valence-corrected chi connectivity index (χ0v) is 12.2. The van der Waals surface area contributed by atoms with E-state index in [-0.39, 0.29) is 10.8 Å². The molecule has 3 radical (unpaired) electrons. The minimum atomic E-state index is 0.154. The molecule has 0 saturated heterocycles. The molecule has 0 heterocycles. The fourth-order valence-corrected chi connectivity index (χ4v) is 2.72. The van der Waals surface area contributed by atoms with Crippen LogP contribution in [0.2, 0.25) is 4.44 Å². The average Bonchev–Trinajstić information content (AvgIpc) is 2.10. The third-order valence-corrected chi connectivity index (χ3v) is 5.07. The fraction of sp³-hybridized carbons (Fsp3) is 1.00. The Balaban J connectivity index is 3.24. The Hall–Kier alpha value is 1.67. The molecule has 71 valence electrons. The summed E-state index contributed by atoms with van der Waals surface area (Å²) in [6.45, 7) is 0. The van der Waals surface area contributed by atoms with Crippen LogP contribution in [-0.2, 0) is 0 Å². The van der Waals surface area contributed by atoms with E-state index in [2.05, 4.69) is 0 Å². The van der Waals surface area contributed by atoms with Crippen LogP contribution in [0.25, 0.3) is 0 Å². The maximum atomic E-state index is 6.06. The first-order chi connectivity index (χ1) is 5.72. The van der Waals surface area contributed by atoms with Crippen molar-refractivity contribution in [3.8, 4) is 0 Å². The van der Waals surface area contributed by atoms with Crippen LogP contribution < -0.4 is 0 Å². The number of halogens is 3. The van der Waals surface area contributed by atoms with Crippen molar-refractivity contribution in [2.24, 2.45) is 0 Å². The van der Waals surface area contributed by atoms with Crippen LogP contribution in [0.1, 0.15) is 25.7 Å². The van der Waals surface area contributed by atoms with Gasteiger partial charge in [0.05, 0.1) is 0 Å². The summed E-state index contributed by atoms with van der Waals surface area (Å²) < 4.78 is 1.04. The Morgan fingerprint density at radius 2 is 1.67 bits per heavy atom. The zero-order valence-electron chi connectivity index (χ0n) is 7.03. The van der Waals surface area contributed by atoms with E-state index in [1.54, 1.807) is 0 Å². The molecule has 12 heavy (non-hydrogen) atoms. The molecular formula is C8H14Cl3Sn. The molecule has 0 saturated carbocycles. The summed E-state index contributed by atoms with van der Waals surface area (Å²) in [6, 6.07) is 0. The van der Waals surface area contributed by atoms with Gasteiger partial charge in [-0.05, 0) is 0 Å². The van der Waals surface area contributed by atoms with E-state index in [4.69, 9.17) is 34.8 Å². The van der Waals surface area contributed by atoms with Gasteiger partial charge in [0, 0.05) is 0 Å². The standard InChI is InChI=1S/C8H14Cl3.Sn/c1-7(10)8(11)5-3-2-4-6-9;/h7-8H,1-6H2;. The van der Waals surface area contributed by atoms with Gasteiger partial charge in [0.1, 0.15) is 0 Å². The molecule has 2 atom stereocenters. The first kappa shape index (κ1) is 13.7. The van der Waals surface area contributed by atoms with Gasteiger partial charge in [-0.25, -0.2) is 0 Å². The average molecular weight is 335 g/mol. The number of hydrogen-bond donors (Lipinski definition) is 0. The monoisotopic (exact) mass is 335 g/mol. The molecule has 0 bridgehead atoms. The molecule has 0 amide bonds. The summed E-state index contributed by atoms with van der Waals surface area (Å²) in [5.41, 5.74) is 0. The SMILES string of the molecule is ClCCCCCC(Cl)C(Cl)[CH2][Sn]. The third-order valence-electron chi connectivity index (χ3n) is 1.70. The number of hydrogen-bond acceptors (Lipinski definition) is 0. The van der Waals surface area contributed by atoms with Crippen LogP contribution in [0.5, 0.6) is 0 Å². The van der Waals surface area contributed by atoms with Gasteiger partial charge < -0.3 is 0 Å². The quantitative estimate of drug-likeness (QED) is 0.379. The van der Waals surface area contributed by atoms with Crippen molar-refractivity contribution >= 4 is 57.3 Å². The third kappa shape index (κ3) is 7.11. The second kappa shape index (κ2) is 9.23. The zero-order chi connectivity index (χ0) is 9.40. The van der Waals surface area contributed by atoms with Gasteiger partial charge >= 0.3 is 104 Å². The maximum absolute atomic E-state index is 6.06. The van der Waals surface area contributed by atoms with Gasteiger partial charge in [0.2, 0.25) is 0 Å². The molecule has 2 unspecified atom stereocenters. The molecule has 0 rings (SSSR count). The van der Waals surface area contributed by atoms with Gasteiger partial charge in [-0.3, -0.25) is 0 Å². The van der Waals surface area contributed by atoms with E-state index in [1.165, 1.54) is 28.9 Å². The van der Waals surface area contributed by atoms with Crippen molar-refractivity contribution < 1.29 is 0 Å². The number of alkyl halides is 3. The summed E-state index contributed by atoms with van der Waals surface area (Å²) in [7, 11) is 0. The molecule has 0 aliphatic carbocycles. The van der Waals surface area contributed by atoms with Crippen molar-refractivity contribution in [3.05, 3.63) is 0 Å². The Labute approximate surface area is 103 Å². The van der Waals surface area contributed by atoms with Gasteiger partial charge in [0.15, 0.2) is 0 Å². The molecule has 0 aromatic heterocycles. The van der Waals surface area contributed by atoms with Gasteiger partial charge in [-0.1, -0.05) is 0 Å². The van der Waals surface area contributed by atoms with Crippen LogP contribution in [-0.4, -0.2) is 39.2 Å². The molecule has 0 aromatic rings. The first-order valence-corrected chi connectivity index (χ1v) is 7.63. The molecule has 0 N–H and O–H groups in total. The summed E-state index contributed by atoms with van der Waals surface area (Å²) in [5.74, 6) is 0.759. The molecular weight excluding hydrogens is 321 g/mol. The van der Waals surface area contributed by atoms with E-state index in [0.717, 1.165) is 29.6 Å². The van der Waals surface area contributed by atoms with E-state index >= 15 is 0 Å². The summed E-state index contributed by atoms with van der Waals surface area (Å²) in [5, 5.41) is 0.321. The number of unbranched alkanes of at least 4 members (excludes halogenated alkanes) is 2. The first-order valence-electron chi connectivity index (χ1n) is 4.21. The Bertz CT molecular complexity index is 100. The van der Waals surface area contributed by atoms with E-state index in [9.17, 15) is 0 Å². The van der Waals surface area contributed by atoms with E-state index in [1.807, 2.05) is 0 Å². The van der Waals surface area contributed by atoms with Crippen LogP contribution in [0.15, 0.2) is 0 Å². The normalized spacial score (nSPS) is 16.0. The molecule has 0 aromatic carbocycles. The molecule has 0 aliphatic heterocycles. The molecule has 0 fully saturated rings. The Morgan fingerprint density at radius 1 is 1.00 bits per heavy atom. The second-order valence-corrected chi connectivity index (χ2v) is 5.44. The Morgan fingerprint density at radius 3 is 2.17 bits per heavy atom. The summed E-state index contributed by atoms with van der Waals surface area (Å²) >= 11 is 19.1. The van der Waals surface area contributed by atoms with Crippen molar-refractivity contribution in [1.29, 1.82) is 0 Å². The second-order valence-electron chi connectivity index (χ2n) is 2.77. The molecule has 0 nitrogen and oxygen atoms in total. The van der Waals surface area contributed by atoms with Gasteiger partial charge in [-0.2, -0.15) is 0 Å². The molecule has 0 aliphatic rings. The molecule has 0 spiro atoms. The predicted octanol–water partition coefficient (Wildman–Crippen LogP) is 3.59. The van der Waals surface area contributed by atoms with E-state index in [0.29, 0.717) is 0 Å². The Kier molecular flexibility index (Phi) is 10.5. The van der Waals surface area contributed by atoms with Crippen molar-refractivity contribution in [2.75, 3.05) is 5.88 Å². The van der Waals surface area contributed by atoms with Crippen LogP contribution in [0.3, 0.4) is 0 Å². The summed E-state index contributed by atoms with van der Waals surface area (Å²) in [4.78, 5) is 0. The van der Waals surface area contributed by atoms with E-state index < -0.39 is 0 Å². The van der Waals surface area contributed by atoms with Gasteiger partial charge in [-0.15, -0.1) is 0 Å². The molecule has 4 heteroatoms. The van der Waals surface area contributed by atoms with Gasteiger partial charge in [0.25, 0.3) is 0 Å². The minimum absolute atomic E-state index is 0.154. The summed E-state index contributed by atoms with van der Waals surface area (Å²) in [6.07, 6.45) is 4.45.